The fourth-order valence-electron chi connectivity index (χ4n) is 2.55. The van der Waals surface area contributed by atoms with Gasteiger partial charge in [0.05, 0.1) is 21.9 Å². The van der Waals surface area contributed by atoms with E-state index in [-0.39, 0.29) is 33.6 Å². The molecule has 1 amide bonds. The molecule has 1 aromatic carbocycles. The molecule has 0 aliphatic heterocycles. The summed E-state index contributed by atoms with van der Waals surface area (Å²) in [6.07, 6.45) is -3.74. The summed E-state index contributed by atoms with van der Waals surface area (Å²) < 4.78 is 53.3. The number of halogens is 5. The number of carbonyl (C=O) groups excluding carboxylic acids is 1. The van der Waals surface area contributed by atoms with E-state index in [1.54, 1.807) is 26.0 Å². The Balaban J connectivity index is 1.76. The van der Waals surface area contributed by atoms with Gasteiger partial charge in [-0.25, -0.2) is 4.39 Å². The molecule has 2 aromatic heterocycles. The Labute approximate surface area is 172 Å². The molecule has 0 saturated heterocycles. The maximum absolute atomic E-state index is 13.0. The molecule has 2 atom stereocenters. The van der Waals surface area contributed by atoms with E-state index in [1.165, 1.54) is 12.1 Å². The topological polar surface area (TPSA) is 59.3 Å². The molecule has 0 unspecified atom stereocenters. The minimum Gasteiger partial charge on any atom is -0.349 e. The van der Waals surface area contributed by atoms with E-state index in [1.807, 2.05) is 0 Å². The minimum absolute atomic E-state index is 0.0643. The number of nitrogens with zero attached hydrogens (tertiary/aromatic N) is 3. The Bertz CT molecular complexity index is 1040. The number of carbonyl (C=O) groups is 1. The van der Waals surface area contributed by atoms with E-state index >= 15 is 0 Å². The van der Waals surface area contributed by atoms with Gasteiger partial charge in [-0.1, -0.05) is 35.5 Å². The predicted octanol–water partition coefficient (Wildman–Crippen LogP) is 4.90. The van der Waals surface area contributed by atoms with Crippen LogP contribution in [0.25, 0.3) is 5.65 Å². The number of hydrogen-bond donors (Lipinski definition) is 1. The number of alkyl halides is 3. The lowest BCUT2D eigenvalue weighted by molar-refractivity contribution is -0.137. The zero-order chi connectivity index (χ0) is 21.3. The van der Waals surface area contributed by atoms with Gasteiger partial charge in [-0.2, -0.15) is 13.2 Å². The van der Waals surface area contributed by atoms with Crippen molar-refractivity contribution in [2.75, 3.05) is 0 Å². The van der Waals surface area contributed by atoms with Crippen molar-refractivity contribution in [1.82, 2.24) is 19.9 Å². The third kappa shape index (κ3) is 4.81. The van der Waals surface area contributed by atoms with Gasteiger partial charge in [0.15, 0.2) is 10.8 Å². The van der Waals surface area contributed by atoms with Gasteiger partial charge in [0.1, 0.15) is 5.82 Å². The summed E-state index contributed by atoms with van der Waals surface area (Å²) in [5, 5.41) is 9.65. The highest BCUT2D eigenvalue weighted by Gasteiger charge is 2.32. The van der Waals surface area contributed by atoms with Gasteiger partial charge in [0.2, 0.25) is 5.91 Å². The number of benzene rings is 1. The minimum atomic E-state index is -4.59. The number of fused-ring (bicyclic) bond motifs is 1. The summed E-state index contributed by atoms with van der Waals surface area (Å²) in [6.45, 7) is 3.33. The standard InChI is InChI=1S/C18H15ClF4N4OS/c1-9(11-3-5-13(20)6-4-11)24-16(28)10(2)29-17-26-25-15-14(19)7-12(8-27(15)17)18(21,22)23/h3-10H,1-2H3,(H,24,28)/t9-,10-/m0/s1. The molecule has 0 aliphatic rings. The molecule has 11 heteroatoms. The van der Waals surface area contributed by atoms with Gasteiger partial charge < -0.3 is 5.32 Å². The molecule has 154 valence electrons. The number of aromatic nitrogens is 3. The third-order valence-electron chi connectivity index (χ3n) is 4.14. The van der Waals surface area contributed by atoms with Gasteiger partial charge in [0, 0.05) is 6.20 Å². The van der Waals surface area contributed by atoms with Crippen molar-refractivity contribution in [3.63, 3.8) is 0 Å². The van der Waals surface area contributed by atoms with Gasteiger partial charge in [-0.05, 0) is 37.6 Å². The summed E-state index contributed by atoms with van der Waals surface area (Å²) in [5.74, 6) is -0.742. The van der Waals surface area contributed by atoms with Gasteiger partial charge in [0.25, 0.3) is 0 Å². The van der Waals surface area contributed by atoms with Crippen molar-refractivity contribution in [2.24, 2.45) is 0 Å². The molecule has 29 heavy (non-hydrogen) atoms. The van der Waals surface area contributed by atoms with Crippen LogP contribution >= 0.6 is 23.4 Å². The maximum Gasteiger partial charge on any atom is 0.417 e. The van der Waals surface area contributed by atoms with Crippen LogP contribution in [0.1, 0.15) is 31.0 Å². The normalized spacial score (nSPS) is 14.0. The molecule has 0 aliphatic carbocycles. The highest BCUT2D eigenvalue weighted by atomic mass is 35.5. The van der Waals surface area contributed by atoms with Crippen LogP contribution in [0.4, 0.5) is 17.6 Å². The highest BCUT2D eigenvalue weighted by Crippen LogP contribution is 2.34. The second-order valence-corrected chi connectivity index (χ2v) is 8.01. The third-order valence-corrected chi connectivity index (χ3v) is 5.47. The van der Waals surface area contributed by atoms with E-state index in [2.05, 4.69) is 15.5 Å². The summed E-state index contributed by atoms with van der Waals surface area (Å²) in [7, 11) is 0. The molecule has 0 saturated carbocycles. The summed E-state index contributed by atoms with van der Waals surface area (Å²) in [6, 6.07) is 6.10. The van der Waals surface area contributed by atoms with Gasteiger partial charge in [-0.3, -0.25) is 9.20 Å². The van der Waals surface area contributed by atoms with Crippen LogP contribution in [0.5, 0.6) is 0 Å². The van der Waals surface area contributed by atoms with Crippen molar-refractivity contribution < 1.29 is 22.4 Å². The van der Waals surface area contributed by atoms with E-state index in [4.69, 9.17) is 11.6 Å². The number of nitrogens with one attached hydrogen (secondary N) is 1. The Kier molecular flexibility index (Phi) is 6.04. The van der Waals surface area contributed by atoms with Crippen molar-refractivity contribution in [3.8, 4) is 0 Å². The average molecular weight is 447 g/mol. The van der Waals surface area contributed by atoms with Crippen LogP contribution in [-0.4, -0.2) is 25.8 Å². The lowest BCUT2D eigenvalue weighted by Gasteiger charge is -2.17. The SMILES string of the molecule is C[C@H](Sc1nnc2c(Cl)cc(C(F)(F)F)cn12)C(=O)N[C@@H](C)c1ccc(F)cc1. The predicted molar refractivity (Wildman–Crippen MR) is 101 cm³/mol. The average Bonchev–Trinajstić information content (AvgIpc) is 3.05. The van der Waals surface area contributed by atoms with Crippen LogP contribution in [-0.2, 0) is 11.0 Å². The smallest absolute Gasteiger partial charge is 0.349 e. The Morgan fingerprint density at radius 2 is 1.86 bits per heavy atom. The zero-order valence-corrected chi connectivity index (χ0v) is 16.7. The van der Waals surface area contributed by atoms with Crippen LogP contribution in [0.2, 0.25) is 5.02 Å². The largest absolute Gasteiger partial charge is 0.417 e. The molecular formula is C18H15ClF4N4OS. The van der Waals surface area contributed by atoms with Crippen LogP contribution in [0.15, 0.2) is 41.7 Å². The second kappa shape index (κ2) is 8.19. The number of thioether (sulfide) groups is 1. The maximum atomic E-state index is 13.0. The van der Waals surface area contributed by atoms with E-state index in [0.29, 0.717) is 5.56 Å². The monoisotopic (exact) mass is 446 g/mol. The first-order chi connectivity index (χ1) is 13.6. The lowest BCUT2D eigenvalue weighted by Crippen LogP contribution is -2.33. The lowest BCUT2D eigenvalue weighted by atomic mass is 10.1. The Hall–Kier alpha value is -2.33. The molecule has 0 fully saturated rings. The second-order valence-electron chi connectivity index (χ2n) is 6.29. The molecule has 0 radical (unpaired) electrons. The van der Waals surface area contributed by atoms with Crippen LogP contribution in [0, 0.1) is 5.82 Å². The molecule has 3 aromatic rings. The summed E-state index contributed by atoms with van der Waals surface area (Å²) in [4.78, 5) is 12.5. The fourth-order valence-corrected chi connectivity index (χ4v) is 3.62. The van der Waals surface area contributed by atoms with Crippen molar-refractivity contribution in [2.45, 2.75) is 36.5 Å². The van der Waals surface area contributed by atoms with Crippen molar-refractivity contribution >= 4 is 34.9 Å². The number of rotatable bonds is 5. The van der Waals surface area contributed by atoms with Crippen molar-refractivity contribution in [1.29, 1.82) is 0 Å². The Morgan fingerprint density at radius 3 is 2.48 bits per heavy atom. The van der Waals surface area contributed by atoms with Gasteiger partial charge in [-0.15, -0.1) is 10.2 Å². The molecule has 3 rings (SSSR count). The highest BCUT2D eigenvalue weighted by molar-refractivity contribution is 8.00. The number of hydrogen-bond acceptors (Lipinski definition) is 4. The first kappa shape index (κ1) is 21.4. The molecule has 5 nitrogen and oxygen atoms in total. The van der Waals surface area contributed by atoms with Gasteiger partial charge >= 0.3 is 6.18 Å². The number of pyridine rings is 1. The Morgan fingerprint density at radius 1 is 1.21 bits per heavy atom. The summed E-state index contributed by atoms with van der Waals surface area (Å²) in [5.41, 5.74) is -0.167. The summed E-state index contributed by atoms with van der Waals surface area (Å²) >= 11 is 6.84. The number of amides is 1. The van der Waals surface area contributed by atoms with E-state index in [9.17, 15) is 22.4 Å². The van der Waals surface area contributed by atoms with Crippen LogP contribution < -0.4 is 5.32 Å². The fraction of sp³-hybridized carbons (Fsp3) is 0.278. The molecule has 1 N–H and O–H groups in total. The van der Waals surface area contributed by atoms with Crippen LogP contribution in [0.3, 0.4) is 0 Å². The molecule has 0 spiro atoms. The van der Waals surface area contributed by atoms with Crippen molar-refractivity contribution in [3.05, 3.63) is 58.5 Å². The molecule has 0 bridgehead atoms. The first-order valence-electron chi connectivity index (χ1n) is 8.40. The quantitative estimate of drug-likeness (QED) is 0.447. The van der Waals surface area contributed by atoms with E-state index < -0.39 is 17.0 Å². The zero-order valence-electron chi connectivity index (χ0n) is 15.2. The molecule has 2 heterocycles. The molecular weight excluding hydrogens is 432 g/mol. The first-order valence-corrected chi connectivity index (χ1v) is 9.66. The van der Waals surface area contributed by atoms with E-state index in [0.717, 1.165) is 28.4 Å².